The highest BCUT2D eigenvalue weighted by molar-refractivity contribution is 5.95. The summed E-state index contributed by atoms with van der Waals surface area (Å²) in [5, 5.41) is 21.6. The van der Waals surface area contributed by atoms with Crippen molar-refractivity contribution in [3.63, 3.8) is 0 Å². The summed E-state index contributed by atoms with van der Waals surface area (Å²) in [6.07, 6.45) is 3.17. The highest BCUT2D eigenvalue weighted by Gasteiger charge is 2.24. The lowest BCUT2D eigenvalue weighted by molar-refractivity contribution is 0.0684. The smallest absolute Gasteiger partial charge is 0.356 e. The van der Waals surface area contributed by atoms with Crippen LogP contribution >= 0.6 is 0 Å². The van der Waals surface area contributed by atoms with Crippen molar-refractivity contribution >= 4 is 17.5 Å². The molecule has 110 valence electrons. The lowest BCUT2D eigenvalue weighted by Crippen LogP contribution is -2.27. The highest BCUT2D eigenvalue weighted by Crippen LogP contribution is 2.27. The summed E-state index contributed by atoms with van der Waals surface area (Å²) in [7, 11) is 0. The highest BCUT2D eigenvalue weighted by atomic mass is 16.4. The van der Waals surface area contributed by atoms with Crippen molar-refractivity contribution in [1.82, 2.24) is 14.7 Å². The molecule has 1 aliphatic heterocycles. The van der Waals surface area contributed by atoms with E-state index in [1.54, 1.807) is 4.40 Å². The number of hydrogen-bond donors (Lipinski definition) is 3. The van der Waals surface area contributed by atoms with Crippen LogP contribution in [0.5, 0.6) is 0 Å². The van der Waals surface area contributed by atoms with Gasteiger partial charge >= 0.3 is 11.9 Å². The fraction of sp³-hybridized carbons (Fsp3) is 0.357. The van der Waals surface area contributed by atoms with E-state index in [0.717, 1.165) is 25.9 Å². The van der Waals surface area contributed by atoms with Gasteiger partial charge in [-0.1, -0.05) is 0 Å². The molecular weight excluding hydrogens is 274 g/mol. The fourth-order valence-corrected chi connectivity index (χ4v) is 2.76. The number of piperidine rings is 1. The van der Waals surface area contributed by atoms with Crippen LogP contribution in [0.25, 0.3) is 5.52 Å². The molecule has 21 heavy (non-hydrogen) atoms. The zero-order chi connectivity index (χ0) is 15.0. The van der Waals surface area contributed by atoms with Gasteiger partial charge in [0.15, 0.2) is 5.69 Å². The third-order valence-electron chi connectivity index (χ3n) is 3.82. The Balaban J connectivity index is 2.18. The molecule has 0 bridgehead atoms. The first kappa shape index (κ1) is 13.6. The number of fused-ring (bicyclic) bond motifs is 1. The van der Waals surface area contributed by atoms with Gasteiger partial charge in [-0.2, -0.15) is 0 Å². The van der Waals surface area contributed by atoms with E-state index in [1.807, 2.05) is 0 Å². The van der Waals surface area contributed by atoms with Crippen LogP contribution in [0.2, 0.25) is 0 Å². The van der Waals surface area contributed by atoms with Crippen LogP contribution in [0.1, 0.15) is 45.4 Å². The minimum atomic E-state index is -1.10. The Morgan fingerprint density at radius 2 is 1.90 bits per heavy atom. The molecule has 0 amide bonds. The van der Waals surface area contributed by atoms with Gasteiger partial charge in [0.25, 0.3) is 0 Å². The van der Waals surface area contributed by atoms with Gasteiger partial charge in [0.2, 0.25) is 0 Å². The third-order valence-corrected chi connectivity index (χ3v) is 3.82. The fourth-order valence-electron chi connectivity index (χ4n) is 2.76. The third kappa shape index (κ3) is 2.36. The van der Waals surface area contributed by atoms with E-state index in [1.165, 1.54) is 18.3 Å². The van der Waals surface area contributed by atoms with Gasteiger partial charge in [0.05, 0.1) is 11.1 Å². The van der Waals surface area contributed by atoms with Crippen LogP contribution in [0.3, 0.4) is 0 Å². The number of carboxylic acids is 2. The van der Waals surface area contributed by atoms with Crippen molar-refractivity contribution in [1.29, 1.82) is 0 Å². The van der Waals surface area contributed by atoms with E-state index in [4.69, 9.17) is 5.11 Å². The molecule has 0 atom stereocenters. The van der Waals surface area contributed by atoms with Gasteiger partial charge in [0.1, 0.15) is 5.82 Å². The van der Waals surface area contributed by atoms with Crippen LogP contribution in [0, 0.1) is 0 Å². The Kier molecular flexibility index (Phi) is 3.34. The monoisotopic (exact) mass is 289 g/mol. The number of aromatic nitrogens is 2. The first-order valence-electron chi connectivity index (χ1n) is 6.77. The topological polar surface area (TPSA) is 104 Å². The first-order valence-corrected chi connectivity index (χ1v) is 6.77. The number of rotatable bonds is 3. The van der Waals surface area contributed by atoms with E-state index in [-0.39, 0.29) is 17.2 Å². The molecule has 1 fully saturated rings. The van der Waals surface area contributed by atoms with Crippen LogP contribution in [-0.4, -0.2) is 44.6 Å². The SMILES string of the molecule is O=C(O)c1ccc2c(C(=O)O)nc(C3CCNCC3)n2c1. The maximum Gasteiger partial charge on any atom is 0.356 e. The average molecular weight is 289 g/mol. The molecule has 1 aliphatic rings. The van der Waals surface area contributed by atoms with E-state index in [9.17, 15) is 14.7 Å². The van der Waals surface area contributed by atoms with Crippen molar-refractivity contribution < 1.29 is 19.8 Å². The summed E-state index contributed by atoms with van der Waals surface area (Å²) in [5.41, 5.74) is 0.522. The summed E-state index contributed by atoms with van der Waals surface area (Å²) in [6, 6.07) is 2.91. The molecular formula is C14H15N3O4. The summed E-state index contributed by atoms with van der Waals surface area (Å²) in [6.45, 7) is 1.70. The molecule has 0 aliphatic carbocycles. The van der Waals surface area contributed by atoms with E-state index < -0.39 is 11.9 Å². The van der Waals surface area contributed by atoms with Gasteiger partial charge in [-0.05, 0) is 38.1 Å². The first-order chi connectivity index (χ1) is 10.1. The number of aromatic carboxylic acids is 2. The Morgan fingerprint density at radius 1 is 1.19 bits per heavy atom. The van der Waals surface area contributed by atoms with Crippen LogP contribution < -0.4 is 5.32 Å². The molecule has 3 N–H and O–H groups in total. The summed E-state index contributed by atoms with van der Waals surface area (Å²) in [5.74, 6) is -1.38. The minimum absolute atomic E-state index is 0.0273. The maximum atomic E-state index is 11.3. The Labute approximate surface area is 120 Å². The summed E-state index contributed by atoms with van der Waals surface area (Å²) < 4.78 is 1.61. The van der Waals surface area contributed by atoms with Crippen LogP contribution in [0.15, 0.2) is 18.3 Å². The quantitative estimate of drug-likeness (QED) is 0.784. The molecule has 1 saturated heterocycles. The standard InChI is InChI=1S/C14H15N3O4/c18-13(19)9-1-2-10-11(14(20)21)16-12(17(10)7-9)8-3-5-15-6-4-8/h1-2,7-8,15H,3-6H2,(H,18,19)(H,20,21). The molecule has 0 saturated carbocycles. The van der Waals surface area contributed by atoms with Gasteiger partial charge in [-0.3, -0.25) is 0 Å². The van der Waals surface area contributed by atoms with Crippen molar-refractivity contribution in [3.8, 4) is 0 Å². The Hall–Kier alpha value is -2.41. The molecule has 0 radical (unpaired) electrons. The van der Waals surface area contributed by atoms with E-state index in [2.05, 4.69) is 10.3 Å². The minimum Gasteiger partial charge on any atom is -0.478 e. The molecule has 2 aromatic rings. The second-order valence-electron chi connectivity index (χ2n) is 5.13. The largest absolute Gasteiger partial charge is 0.478 e. The predicted molar refractivity (Wildman–Crippen MR) is 74.0 cm³/mol. The van der Waals surface area contributed by atoms with Crippen LogP contribution in [0.4, 0.5) is 0 Å². The number of nitrogens with zero attached hydrogens (tertiary/aromatic N) is 2. The zero-order valence-electron chi connectivity index (χ0n) is 11.2. The van der Waals surface area contributed by atoms with Gasteiger partial charge < -0.3 is 19.9 Å². The van der Waals surface area contributed by atoms with Gasteiger partial charge in [-0.25, -0.2) is 14.6 Å². The predicted octanol–water partition coefficient (Wildman–Crippen LogP) is 1.20. The number of imidazole rings is 1. The lowest BCUT2D eigenvalue weighted by atomic mass is 9.97. The van der Waals surface area contributed by atoms with E-state index >= 15 is 0 Å². The van der Waals surface area contributed by atoms with Gasteiger partial charge in [0, 0.05) is 12.1 Å². The molecule has 0 unspecified atom stereocenters. The number of carbonyl (C=O) groups is 2. The zero-order valence-corrected chi connectivity index (χ0v) is 11.2. The second kappa shape index (κ2) is 5.17. The lowest BCUT2D eigenvalue weighted by Gasteiger charge is -2.21. The Morgan fingerprint density at radius 3 is 2.52 bits per heavy atom. The molecule has 7 heteroatoms. The molecule has 0 spiro atoms. The number of hydrogen-bond acceptors (Lipinski definition) is 4. The second-order valence-corrected chi connectivity index (χ2v) is 5.13. The van der Waals surface area contributed by atoms with Gasteiger partial charge in [-0.15, -0.1) is 0 Å². The van der Waals surface area contributed by atoms with Crippen molar-refractivity contribution in [2.75, 3.05) is 13.1 Å². The number of carboxylic acid groups (broad SMARTS) is 2. The molecule has 3 heterocycles. The normalized spacial score (nSPS) is 16.2. The van der Waals surface area contributed by atoms with Crippen molar-refractivity contribution in [2.45, 2.75) is 18.8 Å². The maximum absolute atomic E-state index is 11.3. The van der Waals surface area contributed by atoms with Crippen molar-refractivity contribution in [3.05, 3.63) is 35.4 Å². The Bertz CT molecular complexity index is 716. The van der Waals surface area contributed by atoms with E-state index in [0.29, 0.717) is 11.3 Å². The number of pyridine rings is 1. The molecule has 3 rings (SSSR count). The number of nitrogens with one attached hydrogen (secondary N) is 1. The molecule has 0 aromatic carbocycles. The van der Waals surface area contributed by atoms with Crippen molar-refractivity contribution in [2.24, 2.45) is 0 Å². The summed E-state index contributed by atoms with van der Waals surface area (Å²) >= 11 is 0. The average Bonchev–Trinajstić information content (AvgIpc) is 2.87. The molecule has 2 aromatic heterocycles. The molecule has 7 nitrogen and oxygen atoms in total. The summed E-state index contributed by atoms with van der Waals surface area (Å²) in [4.78, 5) is 26.7. The van der Waals surface area contributed by atoms with Crippen LogP contribution in [-0.2, 0) is 0 Å².